The molecule has 0 spiro atoms. The fourth-order valence-electron chi connectivity index (χ4n) is 2.99. The van der Waals surface area contributed by atoms with Crippen molar-refractivity contribution in [2.24, 2.45) is 12.8 Å². The van der Waals surface area contributed by atoms with Crippen LogP contribution in [0, 0.1) is 25.7 Å². The molecule has 158 valence electrons. The Morgan fingerprint density at radius 3 is 2.62 bits per heavy atom. The van der Waals surface area contributed by atoms with Gasteiger partial charge in [-0.25, -0.2) is 0 Å². The van der Waals surface area contributed by atoms with Crippen molar-refractivity contribution < 1.29 is 19.1 Å². The summed E-state index contributed by atoms with van der Waals surface area (Å²) in [6.45, 7) is 6.23. The molecule has 0 saturated heterocycles. The molecule has 1 aromatic heterocycles. The third-order valence-corrected chi connectivity index (χ3v) is 6.03. The number of nitrogens with two attached hydrogens (primary N) is 1. The van der Waals surface area contributed by atoms with Gasteiger partial charge in [0.25, 0.3) is 0 Å². The van der Waals surface area contributed by atoms with E-state index >= 15 is 0 Å². The van der Waals surface area contributed by atoms with Crippen molar-refractivity contribution in [3.63, 3.8) is 0 Å². The van der Waals surface area contributed by atoms with Gasteiger partial charge in [0.05, 0.1) is 11.9 Å². The number of ether oxygens (including phenoxy) is 1. The third kappa shape index (κ3) is 7.38. The van der Waals surface area contributed by atoms with E-state index in [9.17, 15) is 4.57 Å². The predicted molar refractivity (Wildman–Crippen MR) is 116 cm³/mol. The SMILES string of the molecule is Cc1cccc(OCC#Cc2ccc(CCC(C)(N)CCP(=O)(O)O)n2C)c1C. The summed E-state index contributed by atoms with van der Waals surface area (Å²) < 4.78 is 18.9. The van der Waals surface area contributed by atoms with E-state index in [1.54, 1.807) is 0 Å². The molecule has 0 bridgehead atoms. The normalized spacial score (nSPS) is 13.5. The van der Waals surface area contributed by atoms with Gasteiger partial charge in [-0.05, 0) is 75.3 Å². The molecular formula is C22H31N2O4P. The summed E-state index contributed by atoms with van der Waals surface area (Å²) in [5, 5.41) is 0. The van der Waals surface area contributed by atoms with Crippen molar-refractivity contribution in [2.45, 2.75) is 45.6 Å². The van der Waals surface area contributed by atoms with Crippen LogP contribution in [0.5, 0.6) is 5.75 Å². The molecule has 0 saturated carbocycles. The molecule has 4 N–H and O–H groups in total. The van der Waals surface area contributed by atoms with Gasteiger partial charge in [-0.15, -0.1) is 0 Å². The van der Waals surface area contributed by atoms with Gasteiger partial charge in [-0.1, -0.05) is 18.1 Å². The van der Waals surface area contributed by atoms with Gasteiger partial charge < -0.3 is 24.8 Å². The van der Waals surface area contributed by atoms with Crippen LogP contribution in [-0.2, 0) is 18.0 Å². The Balaban J connectivity index is 1.92. The highest BCUT2D eigenvalue weighted by atomic mass is 31.2. The maximum absolute atomic E-state index is 11.1. The molecular weight excluding hydrogens is 387 g/mol. The Morgan fingerprint density at radius 1 is 1.21 bits per heavy atom. The monoisotopic (exact) mass is 418 g/mol. The van der Waals surface area contributed by atoms with Crippen LogP contribution in [0.2, 0.25) is 0 Å². The molecule has 7 heteroatoms. The van der Waals surface area contributed by atoms with Gasteiger partial charge in [0.15, 0.2) is 0 Å². The second-order valence-electron chi connectivity index (χ2n) is 7.85. The fraction of sp³-hybridized carbons (Fsp3) is 0.455. The summed E-state index contributed by atoms with van der Waals surface area (Å²) >= 11 is 0. The quantitative estimate of drug-likeness (QED) is 0.451. The summed E-state index contributed by atoms with van der Waals surface area (Å²) in [6, 6.07) is 9.94. The Labute approximate surface area is 173 Å². The van der Waals surface area contributed by atoms with E-state index in [2.05, 4.69) is 24.8 Å². The van der Waals surface area contributed by atoms with Gasteiger partial charge in [0, 0.05) is 18.3 Å². The summed E-state index contributed by atoms with van der Waals surface area (Å²) in [6.07, 6.45) is 1.44. The number of aromatic nitrogens is 1. The van der Waals surface area contributed by atoms with Crippen molar-refractivity contribution in [1.82, 2.24) is 4.57 Å². The first-order valence-corrected chi connectivity index (χ1v) is 11.4. The molecule has 1 unspecified atom stereocenters. The van der Waals surface area contributed by atoms with Gasteiger partial charge in [-0.2, -0.15) is 0 Å². The van der Waals surface area contributed by atoms with Crippen molar-refractivity contribution in [1.29, 1.82) is 0 Å². The molecule has 0 aliphatic rings. The minimum Gasteiger partial charge on any atom is -0.481 e. The molecule has 1 heterocycles. The standard InChI is InChI=1S/C22H31N2O4P/c1-17-7-5-9-21(18(17)2)28-15-6-8-19-10-11-20(24(19)4)12-13-22(3,23)14-16-29(25,26)27/h5,7,9-11H,12-16,23H2,1-4H3,(H2,25,26,27). The van der Waals surface area contributed by atoms with E-state index in [-0.39, 0.29) is 12.6 Å². The summed E-state index contributed by atoms with van der Waals surface area (Å²) in [4.78, 5) is 18.1. The molecule has 0 aliphatic carbocycles. The Kier molecular flexibility index (Phi) is 7.73. The summed E-state index contributed by atoms with van der Waals surface area (Å²) in [7, 11) is -2.07. The largest absolute Gasteiger partial charge is 0.481 e. The van der Waals surface area contributed by atoms with E-state index in [0.29, 0.717) is 19.4 Å². The molecule has 0 radical (unpaired) electrons. The molecule has 6 nitrogen and oxygen atoms in total. The van der Waals surface area contributed by atoms with Crippen LogP contribution in [0.15, 0.2) is 30.3 Å². The van der Waals surface area contributed by atoms with Crippen LogP contribution in [0.1, 0.15) is 42.3 Å². The maximum atomic E-state index is 11.1. The topological polar surface area (TPSA) is 97.7 Å². The lowest BCUT2D eigenvalue weighted by Gasteiger charge is -2.25. The molecule has 0 aliphatic heterocycles. The predicted octanol–water partition coefficient (Wildman–Crippen LogP) is 3.29. The fourth-order valence-corrected chi connectivity index (χ4v) is 3.79. The molecule has 0 fully saturated rings. The second kappa shape index (κ2) is 9.65. The number of aryl methyl sites for hydroxylation is 2. The highest BCUT2D eigenvalue weighted by molar-refractivity contribution is 7.51. The molecule has 29 heavy (non-hydrogen) atoms. The van der Waals surface area contributed by atoms with E-state index < -0.39 is 13.1 Å². The Morgan fingerprint density at radius 2 is 1.93 bits per heavy atom. The van der Waals surface area contributed by atoms with Crippen molar-refractivity contribution >= 4 is 7.60 Å². The zero-order valence-corrected chi connectivity index (χ0v) is 18.5. The van der Waals surface area contributed by atoms with Gasteiger partial charge >= 0.3 is 7.60 Å². The molecule has 1 aromatic carbocycles. The summed E-state index contributed by atoms with van der Waals surface area (Å²) in [5.74, 6) is 7.04. The smallest absolute Gasteiger partial charge is 0.325 e. The van der Waals surface area contributed by atoms with E-state index in [0.717, 1.165) is 22.7 Å². The average molecular weight is 418 g/mol. The highest BCUT2D eigenvalue weighted by Gasteiger charge is 2.24. The first kappa shape index (κ1) is 23.3. The van der Waals surface area contributed by atoms with E-state index in [1.165, 1.54) is 5.56 Å². The van der Waals surface area contributed by atoms with Crippen LogP contribution in [0.25, 0.3) is 0 Å². The van der Waals surface area contributed by atoms with Crippen molar-refractivity contribution in [3.05, 3.63) is 52.8 Å². The number of benzene rings is 1. The zero-order chi connectivity index (χ0) is 21.7. The average Bonchev–Trinajstić information content (AvgIpc) is 2.98. The van der Waals surface area contributed by atoms with Crippen LogP contribution < -0.4 is 10.5 Å². The van der Waals surface area contributed by atoms with Crippen LogP contribution in [0.4, 0.5) is 0 Å². The minimum atomic E-state index is -4.02. The lowest BCUT2D eigenvalue weighted by Crippen LogP contribution is -2.37. The van der Waals surface area contributed by atoms with Crippen molar-refractivity contribution in [2.75, 3.05) is 12.8 Å². The first-order valence-electron chi connectivity index (χ1n) is 9.64. The first-order chi connectivity index (χ1) is 13.5. The molecule has 1 atom stereocenters. The minimum absolute atomic E-state index is 0.190. The number of nitrogens with zero attached hydrogens (tertiary/aromatic N) is 1. The molecule has 2 aromatic rings. The molecule has 0 amide bonds. The lowest BCUT2D eigenvalue weighted by atomic mass is 9.93. The lowest BCUT2D eigenvalue weighted by molar-refractivity contribution is 0.353. The Bertz CT molecular complexity index is 947. The Hall–Kier alpha value is -2.03. The van der Waals surface area contributed by atoms with E-state index in [4.69, 9.17) is 20.3 Å². The van der Waals surface area contributed by atoms with Gasteiger partial charge in [-0.3, -0.25) is 4.57 Å². The number of rotatable bonds is 8. The van der Waals surface area contributed by atoms with E-state index in [1.807, 2.05) is 49.7 Å². The third-order valence-electron chi connectivity index (χ3n) is 5.22. The van der Waals surface area contributed by atoms with Crippen molar-refractivity contribution in [3.8, 4) is 17.6 Å². The van der Waals surface area contributed by atoms with Crippen LogP contribution in [0.3, 0.4) is 0 Å². The zero-order valence-electron chi connectivity index (χ0n) is 17.6. The summed E-state index contributed by atoms with van der Waals surface area (Å²) in [5.41, 5.74) is 9.86. The number of hydrogen-bond donors (Lipinski definition) is 3. The van der Waals surface area contributed by atoms with Crippen LogP contribution >= 0.6 is 7.60 Å². The number of hydrogen-bond acceptors (Lipinski definition) is 3. The maximum Gasteiger partial charge on any atom is 0.325 e. The van der Waals surface area contributed by atoms with Crippen LogP contribution in [-0.4, -0.2) is 32.7 Å². The molecule has 2 rings (SSSR count). The highest BCUT2D eigenvalue weighted by Crippen LogP contribution is 2.37. The van der Waals surface area contributed by atoms with Gasteiger partial charge in [0.2, 0.25) is 0 Å². The second-order valence-corrected chi connectivity index (χ2v) is 9.63. The van der Waals surface area contributed by atoms with Gasteiger partial charge in [0.1, 0.15) is 12.4 Å².